The summed E-state index contributed by atoms with van der Waals surface area (Å²) in [6.45, 7) is 7.99. The molecule has 12 nitrogen and oxygen atoms in total. The van der Waals surface area contributed by atoms with Gasteiger partial charge in [-0.25, -0.2) is 0 Å². The first kappa shape index (κ1) is 44.1. The van der Waals surface area contributed by atoms with Gasteiger partial charge < -0.3 is 42.8 Å². The number of ketones is 1. The van der Waals surface area contributed by atoms with Crippen LogP contribution in [0.15, 0.2) is 54.1 Å². The number of benzene rings is 1. The van der Waals surface area contributed by atoms with Crippen molar-refractivity contribution in [3.8, 4) is 0 Å². The van der Waals surface area contributed by atoms with E-state index in [4.69, 9.17) is 37.9 Å². The second kappa shape index (κ2) is 19.4. The predicted octanol–water partition coefficient (Wildman–Crippen LogP) is 6.70. The Labute approximate surface area is 350 Å². The molecule has 0 N–H and O–H groups in total. The summed E-state index contributed by atoms with van der Waals surface area (Å²) in [6, 6.07) is 9.20. The lowest BCUT2D eigenvalue weighted by Crippen LogP contribution is -2.59. The van der Waals surface area contributed by atoms with Crippen molar-refractivity contribution in [1.82, 2.24) is 4.90 Å². The van der Waals surface area contributed by atoms with E-state index in [1.54, 1.807) is 26.2 Å². The summed E-state index contributed by atoms with van der Waals surface area (Å²) in [5.41, 5.74) is 1.37. The van der Waals surface area contributed by atoms with Gasteiger partial charge in [-0.15, -0.1) is 0 Å². The molecule has 0 aromatic heterocycles. The quantitative estimate of drug-likeness (QED) is 0.185. The Balaban J connectivity index is 1.06. The monoisotopic (exact) mass is 821 g/mol. The van der Waals surface area contributed by atoms with Crippen LogP contribution in [0.2, 0.25) is 0 Å². The van der Waals surface area contributed by atoms with Crippen LogP contribution in [-0.2, 0) is 47.5 Å². The van der Waals surface area contributed by atoms with E-state index in [0.717, 1.165) is 37.7 Å². The molecule has 4 fully saturated rings. The Kier molecular flexibility index (Phi) is 14.5. The van der Waals surface area contributed by atoms with Gasteiger partial charge >= 0.3 is 5.97 Å². The van der Waals surface area contributed by atoms with Crippen molar-refractivity contribution in [2.75, 3.05) is 28.4 Å². The van der Waals surface area contributed by atoms with E-state index in [2.05, 4.69) is 25.2 Å². The van der Waals surface area contributed by atoms with Gasteiger partial charge in [-0.05, 0) is 100 Å². The highest BCUT2D eigenvalue weighted by molar-refractivity contribution is 5.99. The van der Waals surface area contributed by atoms with Crippen molar-refractivity contribution in [3.63, 3.8) is 0 Å². The topological polar surface area (TPSA) is 128 Å². The molecule has 12 heteroatoms. The molecule has 0 spiro atoms. The van der Waals surface area contributed by atoms with E-state index in [1.807, 2.05) is 58.2 Å². The van der Waals surface area contributed by atoms with Crippen LogP contribution in [0, 0.1) is 35.5 Å². The van der Waals surface area contributed by atoms with E-state index in [0.29, 0.717) is 24.8 Å². The molecule has 1 aromatic rings. The first-order chi connectivity index (χ1) is 28.5. The standard InChI is InChI=1S/C47H67NO11/c1-9-31-16-13-17-39(59-41-21-20-38(27(3)55-41)48(5)46(51)29-14-11-10-12-15-29)26(2)42(50)37-24-35-33(36(37)25-40(49)57-31)19-18-30-22-32(23-34(30)35)58-47-45(54-8)44(53-7)43(52-6)28(4)56-47/h10-12,14-15,18-19,24,26-28,30-36,38-39,41,43-45,47H,9,13,16-17,20-23,25H2,1-8H3/t26-,27?,28?,30-,31+,32-,33-,34-,35-,36+,38+,39+,41+,43+,44?,45?,47+/m1/s1. The number of carbonyl (C=O) groups excluding carboxylic acids is 3. The predicted molar refractivity (Wildman–Crippen MR) is 219 cm³/mol. The molecule has 0 bridgehead atoms. The van der Waals surface area contributed by atoms with Gasteiger partial charge in [0.05, 0.1) is 36.9 Å². The van der Waals surface area contributed by atoms with Crippen LogP contribution in [-0.4, -0.2) is 118 Å². The summed E-state index contributed by atoms with van der Waals surface area (Å²) in [5.74, 6) is -0.378. The van der Waals surface area contributed by atoms with Gasteiger partial charge in [0.2, 0.25) is 0 Å². The average Bonchev–Trinajstić information content (AvgIpc) is 3.82. The molecule has 59 heavy (non-hydrogen) atoms. The Morgan fingerprint density at radius 1 is 0.831 bits per heavy atom. The zero-order valence-corrected chi connectivity index (χ0v) is 36.2. The van der Waals surface area contributed by atoms with Crippen molar-refractivity contribution >= 4 is 17.7 Å². The number of esters is 1. The first-order valence-corrected chi connectivity index (χ1v) is 22.1. The molecule has 7 rings (SSSR count). The molecule has 3 heterocycles. The third-order valence-corrected chi connectivity index (χ3v) is 14.4. The maximum Gasteiger partial charge on any atom is 0.306 e. The van der Waals surface area contributed by atoms with Gasteiger partial charge in [0.25, 0.3) is 5.91 Å². The van der Waals surface area contributed by atoms with Crippen LogP contribution in [0.3, 0.4) is 0 Å². The molecule has 3 saturated heterocycles. The Morgan fingerprint density at radius 3 is 2.27 bits per heavy atom. The van der Waals surface area contributed by atoms with Crippen molar-refractivity contribution in [2.24, 2.45) is 35.5 Å². The third-order valence-electron chi connectivity index (χ3n) is 14.4. The van der Waals surface area contributed by atoms with Gasteiger partial charge in [0, 0.05) is 52.2 Å². The van der Waals surface area contributed by atoms with Crippen LogP contribution in [0.5, 0.6) is 0 Å². The number of carbonyl (C=O) groups is 3. The number of Topliss-reactive ketones (excluding diaryl/α,β-unsaturated/α-hetero) is 1. The molecule has 0 radical (unpaired) electrons. The van der Waals surface area contributed by atoms with Crippen molar-refractivity contribution in [2.45, 2.75) is 153 Å². The SMILES string of the molecule is CC[C@H]1CCC[C@H](O[C@H]2CC[C@H](N(C)C(=O)c3ccccc3)C(C)O2)[C@@H](C)C(=O)C2=C[C@@H]3[C@@H](C=C[C@@H]4C[C@@H](O[C@@H]5OC(C)[C@H](OC)C(OC)C5OC)C[C@@H]34)[C@@H]2CC(=O)O1. The zero-order chi connectivity index (χ0) is 42.0. The number of fused-ring (bicyclic) bond motifs is 5. The summed E-state index contributed by atoms with van der Waals surface area (Å²) in [7, 11) is 6.78. The van der Waals surface area contributed by atoms with Gasteiger partial charge in [-0.3, -0.25) is 14.4 Å². The highest BCUT2D eigenvalue weighted by atomic mass is 16.7. The minimum Gasteiger partial charge on any atom is -0.462 e. The lowest BCUT2D eigenvalue weighted by molar-refractivity contribution is -0.314. The van der Waals surface area contributed by atoms with Crippen LogP contribution in [0.4, 0.5) is 0 Å². The molecule has 1 amide bonds. The highest BCUT2D eigenvalue weighted by Gasteiger charge is 2.53. The minimum atomic E-state index is -0.617. The molecule has 1 saturated carbocycles. The van der Waals surface area contributed by atoms with Gasteiger partial charge in [-0.1, -0.05) is 50.3 Å². The van der Waals surface area contributed by atoms with Gasteiger partial charge in [0.1, 0.15) is 24.4 Å². The summed E-state index contributed by atoms with van der Waals surface area (Å²) in [5, 5.41) is 0. The molecule has 17 atom stereocenters. The number of allylic oxidation sites excluding steroid dienone is 4. The molecule has 326 valence electrons. The molecule has 1 aromatic carbocycles. The lowest BCUT2D eigenvalue weighted by Gasteiger charge is -2.44. The van der Waals surface area contributed by atoms with E-state index in [-0.39, 0.29) is 102 Å². The maximum atomic E-state index is 14.8. The van der Waals surface area contributed by atoms with E-state index in [1.165, 1.54) is 0 Å². The third kappa shape index (κ3) is 9.30. The molecule has 3 aliphatic heterocycles. The smallest absolute Gasteiger partial charge is 0.306 e. The van der Waals surface area contributed by atoms with Crippen molar-refractivity contribution in [1.29, 1.82) is 0 Å². The summed E-state index contributed by atoms with van der Waals surface area (Å²) >= 11 is 0. The summed E-state index contributed by atoms with van der Waals surface area (Å²) in [4.78, 5) is 43.5. The van der Waals surface area contributed by atoms with E-state index >= 15 is 0 Å². The largest absolute Gasteiger partial charge is 0.462 e. The molecule has 6 aliphatic rings. The fourth-order valence-corrected chi connectivity index (χ4v) is 11.2. The second-order valence-electron chi connectivity index (χ2n) is 17.8. The Bertz CT molecular complexity index is 1670. The number of hydrogen-bond acceptors (Lipinski definition) is 11. The Morgan fingerprint density at radius 2 is 1.58 bits per heavy atom. The molecule has 3 aliphatic carbocycles. The summed E-state index contributed by atoms with van der Waals surface area (Å²) in [6.07, 6.45) is 9.27. The number of hydrogen-bond donors (Lipinski definition) is 0. The summed E-state index contributed by atoms with van der Waals surface area (Å²) < 4.78 is 49.8. The van der Waals surface area contributed by atoms with E-state index in [9.17, 15) is 14.4 Å². The number of ether oxygens (including phenoxy) is 8. The van der Waals surface area contributed by atoms with Crippen LogP contribution < -0.4 is 0 Å². The number of methoxy groups -OCH3 is 3. The van der Waals surface area contributed by atoms with Gasteiger partial charge in [0.15, 0.2) is 18.4 Å². The average molecular weight is 822 g/mol. The lowest BCUT2D eigenvalue weighted by atomic mass is 9.70. The van der Waals surface area contributed by atoms with Crippen molar-refractivity contribution < 1.29 is 52.3 Å². The number of amides is 1. The van der Waals surface area contributed by atoms with Crippen LogP contribution in [0.1, 0.15) is 95.8 Å². The number of likely N-dealkylation sites (N-methyl/N-ethyl adjacent to an activating group) is 1. The van der Waals surface area contributed by atoms with Crippen LogP contribution in [0.25, 0.3) is 0 Å². The Hall–Kier alpha value is -2.97. The van der Waals surface area contributed by atoms with Crippen molar-refractivity contribution in [3.05, 3.63) is 59.7 Å². The molecular weight excluding hydrogens is 755 g/mol. The van der Waals surface area contributed by atoms with E-state index < -0.39 is 24.6 Å². The minimum absolute atomic E-state index is 0.00383. The molecule has 4 unspecified atom stereocenters. The fraction of sp³-hybridized carbons (Fsp3) is 0.723. The number of cyclic esters (lactones) is 1. The molecular formula is C47H67NO11. The van der Waals surface area contributed by atoms with Crippen LogP contribution >= 0.6 is 0 Å². The fourth-order valence-electron chi connectivity index (χ4n) is 11.2. The first-order valence-electron chi connectivity index (χ1n) is 22.1. The van der Waals surface area contributed by atoms with Gasteiger partial charge in [-0.2, -0.15) is 0 Å². The maximum absolute atomic E-state index is 14.8. The normalized spacial score (nSPS) is 41.4. The highest BCUT2D eigenvalue weighted by Crippen LogP contribution is 2.54. The number of nitrogens with zero attached hydrogens (tertiary/aromatic N) is 1. The zero-order valence-electron chi connectivity index (χ0n) is 36.2. The second-order valence-corrected chi connectivity index (χ2v) is 17.8. The number of rotatable bonds is 10.